The maximum atomic E-state index is 11.6. The van der Waals surface area contributed by atoms with E-state index in [1.54, 1.807) is 24.3 Å². The first-order valence-electron chi connectivity index (χ1n) is 6.00. The Morgan fingerprint density at radius 2 is 2.00 bits per heavy atom. The standard InChI is InChI=1S/C12H18N2O3S/c1-13-18(15,16)12-6-4-10(5-7-12)14-11-3-2-8-17-9-11/h4-7,11,13-14H,2-3,8-9H2,1H3. The smallest absolute Gasteiger partial charge is 0.240 e. The number of anilines is 1. The molecule has 18 heavy (non-hydrogen) atoms. The Kier molecular flexibility index (Phi) is 4.21. The van der Waals surface area contributed by atoms with Crippen molar-refractivity contribution in [1.82, 2.24) is 4.72 Å². The number of sulfonamides is 1. The van der Waals surface area contributed by atoms with E-state index >= 15 is 0 Å². The molecular weight excluding hydrogens is 252 g/mol. The average Bonchev–Trinajstić information content (AvgIpc) is 2.40. The van der Waals surface area contributed by atoms with Crippen LogP contribution >= 0.6 is 0 Å². The highest BCUT2D eigenvalue weighted by atomic mass is 32.2. The Morgan fingerprint density at radius 3 is 2.56 bits per heavy atom. The molecule has 1 atom stereocenters. The molecule has 1 heterocycles. The van der Waals surface area contributed by atoms with E-state index in [1.165, 1.54) is 7.05 Å². The van der Waals surface area contributed by atoms with Crippen molar-refractivity contribution < 1.29 is 13.2 Å². The Hall–Kier alpha value is -1.11. The lowest BCUT2D eigenvalue weighted by Crippen LogP contribution is -2.29. The van der Waals surface area contributed by atoms with Gasteiger partial charge in [0.05, 0.1) is 11.5 Å². The minimum absolute atomic E-state index is 0.274. The van der Waals surface area contributed by atoms with Crippen molar-refractivity contribution in [3.8, 4) is 0 Å². The van der Waals surface area contributed by atoms with Gasteiger partial charge in [-0.1, -0.05) is 0 Å². The number of benzene rings is 1. The SMILES string of the molecule is CNS(=O)(=O)c1ccc(NC2CCCOC2)cc1. The van der Waals surface area contributed by atoms with Gasteiger partial charge in [-0.05, 0) is 44.2 Å². The molecule has 6 heteroatoms. The highest BCUT2D eigenvalue weighted by Gasteiger charge is 2.14. The molecule has 1 aromatic carbocycles. The van der Waals surface area contributed by atoms with Gasteiger partial charge >= 0.3 is 0 Å². The van der Waals surface area contributed by atoms with Gasteiger partial charge in [0.25, 0.3) is 0 Å². The van der Waals surface area contributed by atoms with Gasteiger partial charge in [-0.15, -0.1) is 0 Å². The topological polar surface area (TPSA) is 67.4 Å². The van der Waals surface area contributed by atoms with Crippen LogP contribution in [0.3, 0.4) is 0 Å². The fourth-order valence-electron chi connectivity index (χ4n) is 1.94. The van der Waals surface area contributed by atoms with E-state index in [0.717, 1.165) is 25.1 Å². The van der Waals surface area contributed by atoms with E-state index in [0.29, 0.717) is 12.6 Å². The predicted molar refractivity (Wildman–Crippen MR) is 70.2 cm³/mol. The van der Waals surface area contributed by atoms with Crippen molar-refractivity contribution in [1.29, 1.82) is 0 Å². The molecule has 0 amide bonds. The highest BCUT2D eigenvalue weighted by molar-refractivity contribution is 7.89. The first-order valence-corrected chi connectivity index (χ1v) is 7.48. The van der Waals surface area contributed by atoms with Crippen LogP contribution in [0.2, 0.25) is 0 Å². The number of rotatable bonds is 4. The summed E-state index contributed by atoms with van der Waals surface area (Å²) in [6, 6.07) is 7.05. The van der Waals surface area contributed by atoms with E-state index in [9.17, 15) is 8.42 Å². The molecule has 1 fully saturated rings. The fraction of sp³-hybridized carbons (Fsp3) is 0.500. The predicted octanol–water partition coefficient (Wildman–Crippen LogP) is 1.19. The molecule has 1 aliphatic heterocycles. The summed E-state index contributed by atoms with van der Waals surface area (Å²) >= 11 is 0. The molecule has 0 saturated carbocycles. The van der Waals surface area contributed by atoms with Crippen molar-refractivity contribution >= 4 is 15.7 Å². The van der Waals surface area contributed by atoms with E-state index in [4.69, 9.17) is 4.74 Å². The van der Waals surface area contributed by atoms with Crippen LogP contribution in [0, 0.1) is 0 Å². The van der Waals surface area contributed by atoms with E-state index in [2.05, 4.69) is 10.0 Å². The molecule has 0 bridgehead atoms. The van der Waals surface area contributed by atoms with Crippen molar-refractivity contribution in [2.75, 3.05) is 25.6 Å². The summed E-state index contributed by atoms with van der Waals surface area (Å²) in [5, 5.41) is 3.34. The van der Waals surface area contributed by atoms with Crippen LogP contribution < -0.4 is 10.0 Å². The number of nitrogens with one attached hydrogen (secondary N) is 2. The van der Waals surface area contributed by atoms with Gasteiger partial charge in [-0.25, -0.2) is 13.1 Å². The zero-order valence-electron chi connectivity index (χ0n) is 10.3. The van der Waals surface area contributed by atoms with Crippen LogP contribution in [0.1, 0.15) is 12.8 Å². The number of ether oxygens (including phenoxy) is 1. The first kappa shape index (κ1) is 13.3. The third kappa shape index (κ3) is 3.22. The van der Waals surface area contributed by atoms with Gasteiger partial charge in [0.15, 0.2) is 0 Å². The largest absolute Gasteiger partial charge is 0.380 e. The molecule has 0 radical (unpaired) electrons. The Labute approximate surface area is 108 Å². The first-order chi connectivity index (χ1) is 8.62. The fourth-order valence-corrected chi connectivity index (χ4v) is 2.67. The Morgan fingerprint density at radius 1 is 1.28 bits per heavy atom. The normalized spacial score (nSPS) is 20.6. The monoisotopic (exact) mass is 270 g/mol. The van der Waals surface area contributed by atoms with Gasteiger partial charge < -0.3 is 10.1 Å². The van der Waals surface area contributed by atoms with E-state index in [1.807, 2.05) is 0 Å². The summed E-state index contributed by atoms with van der Waals surface area (Å²) in [5.74, 6) is 0. The third-order valence-electron chi connectivity index (χ3n) is 2.96. The molecule has 1 aliphatic rings. The van der Waals surface area contributed by atoms with Crippen LogP contribution in [0.25, 0.3) is 0 Å². The Bertz CT molecular complexity index is 479. The quantitative estimate of drug-likeness (QED) is 0.862. The van der Waals surface area contributed by atoms with Crippen LogP contribution in [0.5, 0.6) is 0 Å². The van der Waals surface area contributed by atoms with Gasteiger partial charge in [-0.2, -0.15) is 0 Å². The molecular formula is C12H18N2O3S. The number of hydrogen-bond donors (Lipinski definition) is 2. The summed E-state index contributed by atoms with van der Waals surface area (Å²) < 4.78 is 30.8. The summed E-state index contributed by atoms with van der Waals surface area (Å²) in [7, 11) is -1.95. The second kappa shape index (κ2) is 5.69. The number of hydrogen-bond acceptors (Lipinski definition) is 4. The minimum Gasteiger partial charge on any atom is -0.380 e. The summed E-state index contributed by atoms with van der Waals surface area (Å²) in [5.41, 5.74) is 0.917. The molecule has 5 nitrogen and oxygen atoms in total. The average molecular weight is 270 g/mol. The van der Waals surface area contributed by atoms with Gasteiger partial charge in [0.2, 0.25) is 10.0 Å². The molecule has 100 valence electrons. The lowest BCUT2D eigenvalue weighted by Gasteiger charge is -2.24. The third-order valence-corrected chi connectivity index (χ3v) is 4.39. The lowest BCUT2D eigenvalue weighted by molar-refractivity contribution is 0.0876. The van der Waals surface area contributed by atoms with Gasteiger partial charge in [0.1, 0.15) is 0 Å². The molecule has 1 saturated heterocycles. The second-order valence-electron chi connectivity index (χ2n) is 4.29. The van der Waals surface area contributed by atoms with Gasteiger partial charge in [0, 0.05) is 18.3 Å². The molecule has 1 aromatic rings. The lowest BCUT2D eigenvalue weighted by atomic mass is 10.1. The minimum atomic E-state index is -3.35. The molecule has 0 spiro atoms. The van der Waals surface area contributed by atoms with Crippen LogP contribution in [0.4, 0.5) is 5.69 Å². The molecule has 1 unspecified atom stereocenters. The van der Waals surface area contributed by atoms with E-state index in [-0.39, 0.29) is 4.90 Å². The highest BCUT2D eigenvalue weighted by Crippen LogP contribution is 2.17. The molecule has 2 rings (SSSR count). The molecule has 0 aromatic heterocycles. The summed E-state index contributed by atoms with van der Waals surface area (Å²) in [6.07, 6.45) is 2.14. The summed E-state index contributed by atoms with van der Waals surface area (Å²) in [6.45, 7) is 1.54. The maximum Gasteiger partial charge on any atom is 0.240 e. The zero-order valence-corrected chi connectivity index (χ0v) is 11.2. The van der Waals surface area contributed by atoms with Crippen LogP contribution in [0.15, 0.2) is 29.2 Å². The van der Waals surface area contributed by atoms with Crippen LogP contribution in [-0.2, 0) is 14.8 Å². The second-order valence-corrected chi connectivity index (χ2v) is 6.18. The van der Waals surface area contributed by atoms with Crippen molar-refractivity contribution in [2.24, 2.45) is 0 Å². The van der Waals surface area contributed by atoms with E-state index < -0.39 is 10.0 Å². The van der Waals surface area contributed by atoms with Gasteiger partial charge in [-0.3, -0.25) is 0 Å². The van der Waals surface area contributed by atoms with Crippen molar-refractivity contribution in [3.63, 3.8) is 0 Å². The zero-order chi connectivity index (χ0) is 13.0. The molecule has 2 N–H and O–H groups in total. The maximum absolute atomic E-state index is 11.6. The van der Waals surface area contributed by atoms with Crippen molar-refractivity contribution in [2.45, 2.75) is 23.8 Å². The van der Waals surface area contributed by atoms with Crippen molar-refractivity contribution in [3.05, 3.63) is 24.3 Å². The molecule has 0 aliphatic carbocycles. The van der Waals surface area contributed by atoms with Crippen LogP contribution in [-0.4, -0.2) is 34.7 Å². The summed E-state index contributed by atoms with van der Waals surface area (Å²) in [4.78, 5) is 0.274. The Balaban J connectivity index is 2.03.